The summed E-state index contributed by atoms with van der Waals surface area (Å²) in [7, 11) is -2.45. The minimum absolute atomic E-state index is 0. The van der Waals surface area contributed by atoms with Crippen LogP contribution in [-0.4, -0.2) is 10.9 Å². The molecular formula is C26H21Cl2OP. The average Bonchev–Trinajstić information content (AvgIpc) is 2.82. The van der Waals surface area contributed by atoms with Gasteiger partial charge >= 0.3 is 0 Å². The lowest BCUT2D eigenvalue weighted by molar-refractivity contribution is -0.0000132. The molecule has 0 N–H and O–H groups in total. The molecule has 4 rings (SSSR count). The highest BCUT2D eigenvalue weighted by molar-refractivity contribution is 7.98. The van der Waals surface area contributed by atoms with Crippen LogP contribution in [0.3, 0.4) is 0 Å². The quantitative estimate of drug-likeness (QED) is 0.250. The van der Waals surface area contributed by atoms with Crippen LogP contribution in [0.15, 0.2) is 121 Å². The van der Waals surface area contributed by atoms with Crippen LogP contribution >= 0.6 is 18.9 Å². The average molecular weight is 451 g/mol. The third kappa shape index (κ3) is 4.07. The maximum absolute atomic E-state index is 13.6. The first-order valence-corrected chi connectivity index (χ1v) is 11.8. The SMILES string of the molecule is O=C(c1ccccc1)C(Cl)[P+](c1ccccc1)(c1ccccc1)c1ccccc1.[Cl-]. The molecule has 4 heteroatoms. The smallest absolute Gasteiger partial charge is 0.219 e. The van der Waals surface area contributed by atoms with E-state index >= 15 is 0 Å². The van der Waals surface area contributed by atoms with E-state index in [1.165, 1.54) is 0 Å². The first-order chi connectivity index (χ1) is 14.2. The second-order valence-electron chi connectivity index (χ2n) is 6.80. The van der Waals surface area contributed by atoms with Gasteiger partial charge in [0.15, 0.2) is 0 Å². The number of carbonyl (C=O) groups is 1. The Balaban J connectivity index is 0.00000256. The van der Waals surface area contributed by atoms with Crippen LogP contribution in [-0.2, 0) is 0 Å². The van der Waals surface area contributed by atoms with Crippen molar-refractivity contribution in [2.24, 2.45) is 0 Å². The molecule has 0 fully saturated rings. The summed E-state index contributed by atoms with van der Waals surface area (Å²) in [4.78, 5) is 13.6. The number of ketones is 1. The fraction of sp³-hybridized carbons (Fsp3) is 0.0385. The zero-order valence-corrected chi connectivity index (χ0v) is 18.6. The molecule has 1 unspecified atom stereocenters. The van der Waals surface area contributed by atoms with Gasteiger partial charge < -0.3 is 12.4 Å². The molecule has 0 aliphatic rings. The van der Waals surface area contributed by atoms with Gasteiger partial charge in [0.2, 0.25) is 10.9 Å². The third-order valence-electron chi connectivity index (χ3n) is 5.11. The molecule has 0 aromatic heterocycles. The van der Waals surface area contributed by atoms with E-state index in [0.717, 1.165) is 15.9 Å². The summed E-state index contributed by atoms with van der Waals surface area (Å²) in [6.45, 7) is 0. The molecule has 0 saturated carbocycles. The van der Waals surface area contributed by atoms with Gasteiger partial charge in [0.05, 0.1) is 0 Å². The zero-order valence-electron chi connectivity index (χ0n) is 16.2. The Morgan fingerprint density at radius 1 is 0.567 bits per heavy atom. The molecule has 4 aromatic carbocycles. The largest absolute Gasteiger partial charge is 1.00 e. The number of halogens is 2. The second kappa shape index (κ2) is 10.0. The number of alkyl halides is 1. The number of carbonyl (C=O) groups excluding carboxylic acids is 1. The molecule has 150 valence electrons. The Kier molecular flexibility index (Phi) is 7.45. The van der Waals surface area contributed by atoms with E-state index in [2.05, 4.69) is 36.4 Å². The van der Waals surface area contributed by atoms with Gasteiger partial charge in [-0.3, -0.25) is 4.79 Å². The molecular weight excluding hydrogens is 430 g/mol. The van der Waals surface area contributed by atoms with E-state index in [-0.39, 0.29) is 18.2 Å². The minimum atomic E-state index is -2.45. The van der Waals surface area contributed by atoms with Crippen molar-refractivity contribution in [2.75, 3.05) is 0 Å². The fourth-order valence-corrected chi connectivity index (χ4v) is 8.99. The maximum Gasteiger partial charge on any atom is 0.219 e. The van der Waals surface area contributed by atoms with Gasteiger partial charge in [-0.05, 0) is 36.4 Å². The Morgan fingerprint density at radius 3 is 1.20 bits per heavy atom. The third-order valence-corrected chi connectivity index (χ3v) is 10.4. The number of Topliss-reactive ketones (excluding diaryl/α,β-unsaturated/α-hetero) is 1. The molecule has 0 aliphatic heterocycles. The van der Waals surface area contributed by atoms with Crippen molar-refractivity contribution in [3.05, 3.63) is 127 Å². The summed E-state index contributed by atoms with van der Waals surface area (Å²) in [5, 5.41) is 2.59. The maximum atomic E-state index is 13.6. The summed E-state index contributed by atoms with van der Waals surface area (Å²) in [6.07, 6.45) is 0. The van der Waals surface area contributed by atoms with Crippen molar-refractivity contribution in [2.45, 2.75) is 5.12 Å². The monoisotopic (exact) mass is 450 g/mol. The van der Waals surface area contributed by atoms with Crippen molar-refractivity contribution >= 4 is 40.6 Å². The fourth-order valence-electron chi connectivity index (χ4n) is 3.75. The van der Waals surface area contributed by atoms with Crippen LogP contribution in [0, 0.1) is 0 Å². The van der Waals surface area contributed by atoms with E-state index in [9.17, 15) is 4.79 Å². The summed E-state index contributed by atoms with van der Waals surface area (Å²) < 4.78 is 0. The normalized spacial score (nSPS) is 11.9. The Labute approximate surface area is 189 Å². The van der Waals surface area contributed by atoms with Gasteiger partial charge in [0.25, 0.3) is 0 Å². The van der Waals surface area contributed by atoms with Crippen LogP contribution in [0.5, 0.6) is 0 Å². The number of rotatable bonds is 6. The molecule has 4 aromatic rings. The lowest BCUT2D eigenvalue weighted by atomic mass is 10.1. The van der Waals surface area contributed by atoms with Crippen LogP contribution < -0.4 is 28.3 Å². The zero-order chi connectivity index (χ0) is 20.1. The highest BCUT2D eigenvalue weighted by Crippen LogP contribution is 2.61. The van der Waals surface area contributed by atoms with E-state index < -0.39 is 12.4 Å². The number of hydrogen-bond donors (Lipinski definition) is 0. The van der Waals surface area contributed by atoms with E-state index in [1.807, 2.05) is 84.9 Å². The van der Waals surface area contributed by atoms with Gasteiger partial charge in [-0.15, -0.1) is 0 Å². The molecule has 0 amide bonds. The van der Waals surface area contributed by atoms with Crippen LogP contribution in [0.2, 0.25) is 0 Å². The van der Waals surface area contributed by atoms with Gasteiger partial charge in [0, 0.05) is 5.56 Å². The minimum Gasteiger partial charge on any atom is -1.00 e. The van der Waals surface area contributed by atoms with E-state index in [1.54, 1.807) is 0 Å². The molecule has 1 atom stereocenters. The summed E-state index contributed by atoms with van der Waals surface area (Å²) in [5.41, 5.74) is 0.639. The topological polar surface area (TPSA) is 17.1 Å². The van der Waals surface area contributed by atoms with Crippen molar-refractivity contribution in [1.82, 2.24) is 0 Å². The molecule has 0 bridgehead atoms. The number of hydrogen-bond acceptors (Lipinski definition) is 1. The molecule has 0 heterocycles. The summed E-state index contributed by atoms with van der Waals surface area (Å²) in [5.74, 6) is -0.0443. The Hall–Kier alpha value is -2.44. The van der Waals surface area contributed by atoms with E-state index in [4.69, 9.17) is 11.6 Å². The van der Waals surface area contributed by atoms with Crippen LogP contribution in [0.1, 0.15) is 10.4 Å². The van der Waals surface area contributed by atoms with Gasteiger partial charge in [-0.2, -0.15) is 0 Å². The first-order valence-electron chi connectivity index (χ1n) is 9.53. The standard InChI is InChI=1S/C26H21ClOP.ClH/c27-26(25(28)21-13-5-1-6-14-21)29(22-15-7-2-8-16-22,23-17-9-3-10-18-23)24-19-11-4-12-20-24;/h1-20,26H;1H/q+1;/p-1. The predicted octanol–water partition coefficient (Wildman–Crippen LogP) is 2.43. The van der Waals surface area contributed by atoms with Gasteiger partial charge in [-0.1, -0.05) is 96.5 Å². The Morgan fingerprint density at radius 2 is 0.867 bits per heavy atom. The summed E-state index contributed by atoms with van der Waals surface area (Å²) >= 11 is 7.19. The molecule has 0 spiro atoms. The molecule has 0 aliphatic carbocycles. The number of benzene rings is 4. The van der Waals surface area contributed by atoms with Crippen molar-refractivity contribution in [3.63, 3.8) is 0 Å². The highest BCUT2D eigenvalue weighted by Gasteiger charge is 2.55. The molecule has 1 nitrogen and oxygen atoms in total. The molecule has 0 saturated heterocycles. The van der Waals surface area contributed by atoms with Crippen molar-refractivity contribution in [3.8, 4) is 0 Å². The predicted molar refractivity (Wildman–Crippen MR) is 126 cm³/mol. The molecule has 30 heavy (non-hydrogen) atoms. The lowest BCUT2D eigenvalue weighted by Crippen LogP contribution is -3.00. The van der Waals surface area contributed by atoms with Gasteiger partial charge in [0.1, 0.15) is 23.2 Å². The van der Waals surface area contributed by atoms with E-state index in [0.29, 0.717) is 5.56 Å². The second-order valence-corrected chi connectivity index (χ2v) is 11.0. The van der Waals surface area contributed by atoms with Crippen molar-refractivity contribution < 1.29 is 17.2 Å². The van der Waals surface area contributed by atoms with Crippen LogP contribution in [0.25, 0.3) is 0 Å². The highest BCUT2D eigenvalue weighted by atomic mass is 35.5. The van der Waals surface area contributed by atoms with Crippen LogP contribution in [0.4, 0.5) is 0 Å². The van der Waals surface area contributed by atoms with Gasteiger partial charge in [-0.25, -0.2) is 0 Å². The Bertz CT molecular complexity index is 974. The lowest BCUT2D eigenvalue weighted by Gasteiger charge is -2.30. The molecule has 0 radical (unpaired) electrons. The summed E-state index contributed by atoms with van der Waals surface area (Å²) in [6, 6.07) is 40.1. The van der Waals surface area contributed by atoms with Crippen molar-refractivity contribution in [1.29, 1.82) is 0 Å². The first kappa shape index (κ1) is 22.2.